The molecule has 0 fully saturated rings. The van der Waals surface area contributed by atoms with Crippen molar-refractivity contribution in [1.82, 2.24) is 14.8 Å². The summed E-state index contributed by atoms with van der Waals surface area (Å²) in [6.45, 7) is 4.71. The maximum atomic E-state index is 12.4. The third-order valence-corrected chi connectivity index (χ3v) is 4.11. The summed E-state index contributed by atoms with van der Waals surface area (Å²) in [7, 11) is 0. The van der Waals surface area contributed by atoms with Crippen LogP contribution in [-0.2, 0) is 13.0 Å². The van der Waals surface area contributed by atoms with Gasteiger partial charge in [-0.2, -0.15) is 5.10 Å². The highest BCUT2D eigenvalue weighted by Crippen LogP contribution is 2.14. The SMILES string of the molecule is Cc1cccc(C(=O)Nc2ccn(CCc3ccncc3)n2)c1C. The summed E-state index contributed by atoms with van der Waals surface area (Å²) in [5.41, 5.74) is 3.99. The number of nitrogens with one attached hydrogen (secondary N) is 1. The van der Waals surface area contributed by atoms with Gasteiger partial charge in [0.25, 0.3) is 5.91 Å². The minimum absolute atomic E-state index is 0.129. The third-order valence-electron chi connectivity index (χ3n) is 4.11. The molecular formula is C19H20N4O. The number of amides is 1. The van der Waals surface area contributed by atoms with Crippen LogP contribution in [0.15, 0.2) is 55.0 Å². The number of carbonyl (C=O) groups is 1. The van der Waals surface area contributed by atoms with Gasteiger partial charge in [-0.3, -0.25) is 14.5 Å². The number of nitrogens with zero attached hydrogens (tertiary/aromatic N) is 3. The number of pyridine rings is 1. The second kappa shape index (κ2) is 7.08. The summed E-state index contributed by atoms with van der Waals surface area (Å²) in [6.07, 6.45) is 6.32. The fourth-order valence-corrected chi connectivity index (χ4v) is 2.53. The van der Waals surface area contributed by atoms with Crippen LogP contribution in [0.1, 0.15) is 27.0 Å². The Balaban J connectivity index is 1.63. The van der Waals surface area contributed by atoms with Crippen LogP contribution in [0.3, 0.4) is 0 Å². The van der Waals surface area contributed by atoms with Crippen molar-refractivity contribution in [3.63, 3.8) is 0 Å². The second-order valence-corrected chi connectivity index (χ2v) is 5.77. The Morgan fingerprint density at radius 3 is 2.71 bits per heavy atom. The maximum absolute atomic E-state index is 12.4. The largest absolute Gasteiger partial charge is 0.305 e. The molecule has 1 aromatic carbocycles. The first-order valence-corrected chi connectivity index (χ1v) is 7.93. The number of hydrogen-bond acceptors (Lipinski definition) is 3. The predicted octanol–water partition coefficient (Wildman–Crippen LogP) is 3.39. The van der Waals surface area contributed by atoms with Crippen LogP contribution >= 0.6 is 0 Å². The van der Waals surface area contributed by atoms with E-state index < -0.39 is 0 Å². The molecule has 1 N–H and O–H groups in total. The lowest BCUT2D eigenvalue weighted by Crippen LogP contribution is -2.14. The Bertz CT molecular complexity index is 840. The zero-order chi connectivity index (χ0) is 16.9. The average molecular weight is 320 g/mol. The number of anilines is 1. The Morgan fingerprint density at radius 2 is 1.92 bits per heavy atom. The molecular weight excluding hydrogens is 300 g/mol. The average Bonchev–Trinajstić information content (AvgIpc) is 3.04. The molecule has 0 aliphatic heterocycles. The van der Waals surface area contributed by atoms with Crippen LogP contribution in [-0.4, -0.2) is 20.7 Å². The minimum Gasteiger partial charge on any atom is -0.305 e. The minimum atomic E-state index is -0.129. The quantitative estimate of drug-likeness (QED) is 0.784. The van der Waals surface area contributed by atoms with E-state index in [-0.39, 0.29) is 5.91 Å². The fraction of sp³-hybridized carbons (Fsp3) is 0.211. The standard InChI is InChI=1S/C19H20N4O/c1-14-4-3-5-17(15(14)2)19(24)21-18-9-13-23(22-18)12-8-16-6-10-20-11-7-16/h3-7,9-11,13H,8,12H2,1-2H3,(H,21,22,24). The second-order valence-electron chi connectivity index (χ2n) is 5.77. The Hall–Kier alpha value is -2.95. The van der Waals surface area contributed by atoms with E-state index in [1.165, 1.54) is 5.56 Å². The molecule has 0 bridgehead atoms. The van der Waals surface area contributed by atoms with E-state index in [0.29, 0.717) is 11.4 Å². The van der Waals surface area contributed by atoms with Crippen LogP contribution in [0.25, 0.3) is 0 Å². The summed E-state index contributed by atoms with van der Waals surface area (Å²) in [6, 6.07) is 11.5. The van der Waals surface area contributed by atoms with Gasteiger partial charge < -0.3 is 5.32 Å². The van der Waals surface area contributed by atoms with E-state index in [1.807, 2.05) is 61.1 Å². The van der Waals surface area contributed by atoms with Crippen LogP contribution in [0, 0.1) is 13.8 Å². The predicted molar refractivity (Wildman–Crippen MR) is 94.0 cm³/mol. The zero-order valence-electron chi connectivity index (χ0n) is 13.9. The van der Waals surface area contributed by atoms with Crippen LogP contribution in [0.4, 0.5) is 5.82 Å². The molecule has 0 saturated carbocycles. The number of carbonyl (C=O) groups excluding carboxylic acids is 1. The lowest BCUT2D eigenvalue weighted by molar-refractivity contribution is 0.102. The van der Waals surface area contributed by atoms with Gasteiger partial charge in [-0.1, -0.05) is 12.1 Å². The molecule has 2 heterocycles. The molecule has 3 rings (SSSR count). The Morgan fingerprint density at radius 1 is 1.12 bits per heavy atom. The Labute approximate surface area is 141 Å². The fourth-order valence-electron chi connectivity index (χ4n) is 2.53. The van der Waals surface area contributed by atoms with Crippen LogP contribution in [0.5, 0.6) is 0 Å². The topological polar surface area (TPSA) is 59.8 Å². The zero-order valence-corrected chi connectivity index (χ0v) is 13.9. The molecule has 0 aliphatic carbocycles. The monoisotopic (exact) mass is 320 g/mol. The van der Waals surface area contributed by atoms with Crippen molar-refractivity contribution in [2.75, 3.05) is 5.32 Å². The molecule has 1 amide bonds. The normalized spacial score (nSPS) is 10.6. The highest BCUT2D eigenvalue weighted by atomic mass is 16.1. The van der Waals surface area contributed by atoms with Crippen LogP contribution < -0.4 is 5.32 Å². The lowest BCUT2D eigenvalue weighted by atomic mass is 10.0. The molecule has 0 saturated heterocycles. The van der Waals surface area contributed by atoms with Crippen molar-refractivity contribution in [2.24, 2.45) is 0 Å². The van der Waals surface area contributed by atoms with Gasteiger partial charge in [0.1, 0.15) is 0 Å². The van der Waals surface area contributed by atoms with Crippen molar-refractivity contribution in [1.29, 1.82) is 0 Å². The van der Waals surface area contributed by atoms with E-state index >= 15 is 0 Å². The molecule has 2 aromatic heterocycles. The summed E-state index contributed by atoms with van der Waals surface area (Å²) in [5, 5.41) is 7.28. The van der Waals surface area contributed by atoms with E-state index in [0.717, 1.165) is 24.1 Å². The van der Waals surface area contributed by atoms with Crippen molar-refractivity contribution >= 4 is 11.7 Å². The molecule has 5 heteroatoms. The van der Waals surface area contributed by atoms with Crippen molar-refractivity contribution in [2.45, 2.75) is 26.8 Å². The highest BCUT2D eigenvalue weighted by molar-refractivity contribution is 6.04. The van der Waals surface area contributed by atoms with Gasteiger partial charge >= 0.3 is 0 Å². The van der Waals surface area contributed by atoms with Gasteiger partial charge in [0.2, 0.25) is 0 Å². The molecule has 5 nitrogen and oxygen atoms in total. The number of aromatic nitrogens is 3. The number of aryl methyl sites for hydroxylation is 3. The summed E-state index contributed by atoms with van der Waals surface area (Å²) in [4.78, 5) is 16.4. The molecule has 24 heavy (non-hydrogen) atoms. The Kier molecular flexibility index (Phi) is 4.70. The van der Waals surface area contributed by atoms with Crippen molar-refractivity contribution < 1.29 is 4.79 Å². The van der Waals surface area contributed by atoms with Gasteiger partial charge in [-0.05, 0) is 55.2 Å². The number of benzene rings is 1. The summed E-state index contributed by atoms with van der Waals surface area (Å²) in [5.74, 6) is 0.436. The lowest BCUT2D eigenvalue weighted by Gasteiger charge is -2.08. The van der Waals surface area contributed by atoms with Gasteiger partial charge in [0, 0.05) is 36.8 Å². The summed E-state index contributed by atoms with van der Waals surface area (Å²) >= 11 is 0. The van der Waals surface area contributed by atoms with E-state index in [1.54, 1.807) is 12.4 Å². The first-order chi connectivity index (χ1) is 11.6. The molecule has 0 spiro atoms. The molecule has 0 unspecified atom stereocenters. The van der Waals surface area contributed by atoms with E-state index in [9.17, 15) is 4.79 Å². The van der Waals surface area contributed by atoms with Gasteiger partial charge in [0.05, 0.1) is 0 Å². The van der Waals surface area contributed by atoms with Crippen LogP contribution in [0.2, 0.25) is 0 Å². The molecule has 122 valence electrons. The molecule has 3 aromatic rings. The van der Waals surface area contributed by atoms with Crippen molar-refractivity contribution in [3.05, 3.63) is 77.2 Å². The summed E-state index contributed by atoms with van der Waals surface area (Å²) < 4.78 is 1.83. The third kappa shape index (κ3) is 3.68. The van der Waals surface area contributed by atoms with E-state index in [4.69, 9.17) is 0 Å². The highest BCUT2D eigenvalue weighted by Gasteiger charge is 2.11. The molecule has 0 radical (unpaired) electrons. The number of hydrogen-bond donors (Lipinski definition) is 1. The van der Waals surface area contributed by atoms with Gasteiger partial charge in [0.15, 0.2) is 5.82 Å². The van der Waals surface area contributed by atoms with Gasteiger partial charge in [-0.25, -0.2) is 0 Å². The molecule has 0 aliphatic rings. The first-order valence-electron chi connectivity index (χ1n) is 7.93. The van der Waals surface area contributed by atoms with Crippen molar-refractivity contribution in [3.8, 4) is 0 Å². The number of rotatable bonds is 5. The first kappa shape index (κ1) is 15.9. The molecule has 0 atom stereocenters. The van der Waals surface area contributed by atoms with E-state index in [2.05, 4.69) is 15.4 Å². The maximum Gasteiger partial charge on any atom is 0.257 e. The smallest absolute Gasteiger partial charge is 0.257 e. The van der Waals surface area contributed by atoms with Gasteiger partial charge in [-0.15, -0.1) is 0 Å².